The largest absolute Gasteiger partial charge is 0.352 e. The molecule has 0 aliphatic carbocycles. The molecule has 0 radical (unpaired) electrons. The lowest BCUT2D eigenvalue weighted by Gasteiger charge is -2.17. The second-order valence-corrected chi connectivity index (χ2v) is 5.91. The second kappa shape index (κ2) is 6.68. The van der Waals surface area contributed by atoms with Gasteiger partial charge in [-0.15, -0.1) is 0 Å². The summed E-state index contributed by atoms with van der Waals surface area (Å²) in [6.07, 6.45) is 0.829. The van der Waals surface area contributed by atoms with E-state index in [-0.39, 0.29) is 11.9 Å². The highest BCUT2D eigenvalue weighted by Crippen LogP contribution is 2.13. The van der Waals surface area contributed by atoms with E-state index in [9.17, 15) is 4.79 Å². The number of carbonyl (C=O) groups is 1. The van der Waals surface area contributed by atoms with E-state index < -0.39 is 6.04 Å². The molecule has 106 valence electrons. The number of amides is 1. The number of aryl methyl sites for hydroxylation is 1. The summed E-state index contributed by atoms with van der Waals surface area (Å²) in [7, 11) is 0. The zero-order valence-corrected chi connectivity index (χ0v) is 12.6. The van der Waals surface area contributed by atoms with Gasteiger partial charge >= 0.3 is 0 Å². The number of thiophene rings is 1. The highest BCUT2D eigenvalue weighted by atomic mass is 32.1. The molecule has 2 unspecified atom stereocenters. The normalized spacial score (nSPS) is 13.8. The number of nitrogens with two attached hydrogens (primary N) is 1. The van der Waals surface area contributed by atoms with Crippen LogP contribution in [-0.4, -0.2) is 11.9 Å². The van der Waals surface area contributed by atoms with Crippen molar-refractivity contribution < 1.29 is 4.79 Å². The minimum atomic E-state index is -0.611. The third kappa shape index (κ3) is 3.92. The molecule has 20 heavy (non-hydrogen) atoms. The Morgan fingerprint density at radius 3 is 2.60 bits per heavy atom. The van der Waals surface area contributed by atoms with Gasteiger partial charge in [0.05, 0.1) is 0 Å². The first kappa shape index (κ1) is 14.8. The molecule has 2 aromatic rings. The Morgan fingerprint density at radius 2 is 2.00 bits per heavy atom. The fourth-order valence-corrected chi connectivity index (χ4v) is 2.75. The average Bonchev–Trinajstić information content (AvgIpc) is 2.91. The maximum Gasteiger partial charge on any atom is 0.241 e. The van der Waals surface area contributed by atoms with Gasteiger partial charge in [-0.05, 0) is 48.2 Å². The van der Waals surface area contributed by atoms with Crippen molar-refractivity contribution in [3.8, 4) is 0 Å². The van der Waals surface area contributed by atoms with Crippen molar-refractivity contribution in [3.05, 3.63) is 57.8 Å². The van der Waals surface area contributed by atoms with Crippen molar-refractivity contribution in [1.82, 2.24) is 5.32 Å². The number of rotatable bonds is 5. The van der Waals surface area contributed by atoms with Gasteiger partial charge in [-0.25, -0.2) is 0 Å². The number of hydrogen-bond acceptors (Lipinski definition) is 3. The van der Waals surface area contributed by atoms with Crippen LogP contribution in [0.15, 0.2) is 41.1 Å². The average molecular weight is 288 g/mol. The molecule has 3 N–H and O–H groups in total. The van der Waals surface area contributed by atoms with Gasteiger partial charge in [0.2, 0.25) is 5.91 Å². The van der Waals surface area contributed by atoms with Crippen LogP contribution in [0.25, 0.3) is 0 Å². The molecule has 0 saturated carbocycles. The predicted molar refractivity (Wildman–Crippen MR) is 83.7 cm³/mol. The lowest BCUT2D eigenvalue weighted by Crippen LogP contribution is -2.40. The molecule has 0 saturated heterocycles. The van der Waals surface area contributed by atoms with Gasteiger partial charge in [-0.2, -0.15) is 11.3 Å². The summed E-state index contributed by atoms with van der Waals surface area (Å²) in [5.74, 6) is -0.128. The molecule has 1 aromatic carbocycles. The van der Waals surface area contributed by atoms with E-state index in [1.54, 1.807) is 11.3 Å². The number of carbonyl (C=O) groups excluding carboxylic acids is 1. The molecule has 1 aromatic heterocycles. The highest BCUT2D eigenvalue weighted by molar-refractivity contribution is 7.07. The third-order valence-electron chi connectivity index (χ3n) is 3.23. The summed E-state index contributed by atoms with van der Waals surface area (Å²) >= 11 is 1.67. The van der Waals surface area contributed by atoms with Crippen molar-refractivity contribution in [2.45, 2.75) is 32.4 Å². The van der Waals surface area contributed by atoms with E-state index in [1.807, 2.05) is 43.5 Å². The van der Waals surface area contributed by atoms with Gasteiger partial charge in [0.1, 0.15) is 6.04 Å². The third-order valence-corrected chi connectivity index (χ3v) is 3.96. The molecule has 4 heteroatoms. The monoisotopic (exact) mass is 288 g/mol. The SMILES string of the molecule is Cc1ccc(C(N)C(=O)NC(C)Cc2ccsc2)cc1. The fourth-order valence-electron chi connectivity index (χ4n) is 2.07. The molecular formula is C16H20N2OS. The maximum absolute atomic E-state index is 12.1. The standard InChI is InChI=1S/C16H20N2OS/c1-11-3-5-14(6-4-11)15(17)16(19)18-12(2)9-13-7-8-20-10-13/h3-8,10,12,15H,9,17H2,1-2H3,(H,18,19). The first-order valence-corrected chi connectivity index (χ1v) is 7.64. The Kier molecular flexibility index (Phi) is 4.93. The zero-order valence-electron chi connectivity index (χ0n) is 11.8. The zero-order chi connectivity index (χ0) is 14.5. The Labute approximate surface area is 123 Å². The molecular weight excluding hydrogens is 268 g/mol. The molecule has 0 bridgehead atoms. The predicted octanol–water partition coefficient (Wildman–Crippen LogP) is 2.80. The summed E-state index contributed by atoms with van der Waals surface area (Å²) in [5.41, 5.74) is 9.25. The highest BCUT2D eigenvalue weighted by Gasteiger charge is 2.17. The van der Waals surface area contributed by atoms with E-state index in [2.05, 4.69) is 16.8 Å². The van der Waals surface area contributed by atoms with Gasteiger partial charge < -0.3 is 11.1 Å². The van der Waals surface area contributed by atoms with Crippen LogP contribution in [0.2, 0.25) is 0 Å². The molecule has 2 atom stereocenters. The van der Waals surface area contributed by atoms with Gasteiger partial charge in [0.15, 0.2) is 0 Å². The quantitative estimate of drug-likeness (QED) is 0.889. The van der Waals surface area contributed by atoms with Crippen LogP contribution >= 0.6 is 11.3 Å². The van der Waals surface area contributed by atoms with E-state index in [1.165, 1.54) is 5.56 Å². The topological polar surface area (TPSA) is 55.1 Å². The van der Waals surface area contributed by atoms with Crippen LogP contribution in [-0.2, 0) is 11.2 Å². The molecule has 0 fully saturated rings. The van der Waals surface area contributed by atoms with Crippen LogP contribution in [0.3, 0.4) is 0 Å². The second-order valence-electron chi connectivity index (χ2n) is 5.13. The van der Waals surface area contributed by atoms with Crippen molar-refractivity contribution in [2.24, 2.45) is 5.73 Å². The van der Waals surface area contributed by atoms with Crippen molar-refractivity contribution in [3.63, 3.8) is 0 Å². The van der Waals surface area contributed by atoms with Gasteiger partial charge in [0, 0.05) is 6.04 Å². The molecule has 0 aliphatic heterocycles. The van der Waals surface area contributed by atoms with Crippen LogP contribution in [0, 0.1) is 6.92 Å². The minimum absolute atomic E-state index is 0.0774. The summed E-state index contributed by atoms with van der Waals surface area (Å²) in [6.45, 7) is 4.01. The van der Waals surface area contributed by atoms with Crippen LogP contribution < -0.4 is 11.1 Å². The molecule has 1 heterocycles. The Bertz CT molecular complexity index is 548. The lowest BCUT2D eigenvalue weighted by atomic mass is 10.0. The number of benzene rings is 1. The van der Waals surface area contributed by atoms with Gasteiger partial charge in [-0.3, -0.25) is 4.79 Å². The van der Waals surface area contributed by atoms with E-state index >= 15 is 0 Å². The van der Waals surface area contributed by atoms with Crippen LogP contribution in [0.4, 0.5) is 0 Å². The Hall–Kier alpha value is -1.65. The van der Waals surface area contributed by atoms with Crippen molar-refractivity contribution >= 4 is 17.2 Å². The molecule has 3 nitrogen and oxygen atoms in total. The van der Waals surface area contributed by atoms with Gasteiger partial charge in [-0.1, -0.05) is 29.8 Å². The summed E-state index contributed by atoms with van der Waals surface area (Å²) in [6, 6.07) is 9.29. The van der Waals surface area contributed by atoms with E-state index in [0.29, 0.717) is 0 Å². The first-order chi connectivity index (χ1) is 9.56. The molecule has 0 aliphatic rings. The van der Waals surface area contributed by atoms with Crippen LogP contribution in [0.1, 0.15) is 29.7 Å². The van der Waals surface area contributed by atoms with E-state index in [4.69, 9.17) is 5.73 Å². The summed E-state index contributed by atoms with van der Waals surface area (Å²) in [4.78, 5) is 12.1. The molecule has 1 amide bonds. The van der Waals surface area contributed by atoms with Crippen molar-refractivity contribution in [1.29, 1.82) is 0 Å². The van der Waals surface area contributed by atoms with Gasteiger partial charge in [0.25, 0.3) is 0 Å². The number of hydrogen-bond donors (Lipinski definition) is 2. The number of nitrogens with one attached hydrogen (secondary N) is 1. The van der Waals surface area contributed by atoms with Crippen LogP contribution in [0.5, 0.6) is 0 Å². The molecule has 2 rings (SSSR count). The summed E-state index contributed by atoms with van der Waals surface area (Å²) in [5, 5.41) is 7.12. The minimum Gasteiger partial charge on any atom is -0.352 e. The smallest absolute Gasteiger partial charge is 0.241 e. The van der Waals surface area contributed by atoms with Crippen molar-refractivity contribution in [2.75, 3.05) is 0 Å². The maximum atomic E-state index is 12.1. The Morgan fingerprint density at radius 1 is 1.30 bits per heavy atom. The Balaban J connectivity index is 1.92. The lowest BCUT2D eigenvalue weighted by molar-refractivity contribution is -0.123. The first-order valence-electron chi connectivity index (χ1n) is 6.70. The van der Waals surface area contributed by atoms with E-state index in [0.717, 1.165) is 17.5 Å². The summed E-state index contributed by atoms with van der Waals surface area (Å²) < 4.78 is 0. The fraction of sp³-hybridized carbons (Fsp3) is 0.312. The molecule has 0 spiro atoms.